The molecule has 1 aliphatic carbocycles. The summed E-state index contributed by atoms with van der Waals surface area (Å²) >= 11 is 3.55. The number of alkyl halides is 1. The Kier molecular flexibility index (Phi) is 1.12. The molecule has 1 saturated heterocycles. The molecule has 1 heterocycles. The Morgan fingerprint density at radius 1 is 1.50 bits per heavy atom. The molecule has 8 heavy (non-hydrogen) atoms. The smallest absolute Gasteiger partial charge is 0.0743 e. The molecule has 0 N–H and O–H groups in total. The van der Waals surface area contributed by atoms with Crippen LogP contribution < -0.4 is 0 Å². The average molecular weight is 177 g/mol. The summed E-state index contributed by atoms with van der Waals surface area (Å²) in [5.41, 5.74) is 0. The van der Waals surface area contributed by atoms with E-state index >= 15 is 0 Å². The van der Waals surface area contributed by atoms with Crippen molar-refractivity contribution in [3.63, 3.8) is 0 Å². The summed E-state index contributed by atoms with van der Waals surface area (Å²) in [5.74, 6) is 0.865. The van der Waals surface area contributed by atoms with Gasteiger partial charge in [0.05, 0.1) is 6.10 Å². The van der Waals surface area contributed by atoms with Crippen LogP contribution in [0.5, 0.6) is 0 Å². The number of ether oxygens (including phenoxy) is 1. The standard InChI is InChI=1S/C6H9BrO/c7-5-4-2-1-3-8-6(4)5/h4-6H,1-3H2/t4-,5-,6+/m1/s1. The lowest BCUT2D eigenvalue weighted by Crippen LogP contribution is -2.05. The van der Waals surface area contributed by atoms with Gasteiger partial charge in [-0.3, -0.25) is 0 Å². The zero-order valence-electron chi connectivity index (χ0n) is 4.64. The van der Waals surface area contributed by atoms with Gasteiger partial charge < -0.3 is 4.74 Å². The molecule has 46 valence electrons. The van der Waals surface area contributed by atoms with Crippen LogP contribution in [0.4, 0.5) is 0 Å². The molecule has 0 unspecified atom stereocenters. The fourth-order valence-corrected chi connectivity index (χ4v) is 2.31. The van der Waals surface area contributed by atoms with Crippen molar-refractivity contribution >= 4 is 15.9 Å². The predicted molar refractivity (Wildman–Crippen MR) is 35.2 cm³/mol. The Labute approximate surface area is 57.5 Å². The first-order valence-corrected chi connectivity index (χ1v) is 4.07. The minimum absolute atomic E-state index is 0.587. The number of fused-ring (bicyclic) bond motifs is 1. The normalized spacial score (nSPS) is 52.9. The van der Waals surface area contributed by atoms with Gasteiger partial charge in [-0.1, -0.05) is 15.9 Å². The largest absolute Gasteiger partial charge is 0.377 e. The van der Waals surface area contributed by atoms with Gasteiger partial charge in [-0.25, -0.2) is 0 Å². The van der Waals surface area contributed by atoms with E-state index in [9.17, 15) is 0 Å². The maximum absolute atomic E-state index is 5.42. The first-order chi connectivity index (χ1) is 3.89. The van der Waals surface area contributed by atoms with Gasteiger partial charge in [-0.15, -0.1) is 0 Å². The van der Waals surface area contributed by atoms with Gasteiger partial charge in [0.1, 0.15) is 0 Å². The fourth-order valence-electron chi connectivity index (χ4n) is 1.38. The van der Waals surface area contributed by atoms with Crippen molar-refractivity contribution in [1.29, 1.82) is 0 Å². The summed E-state index contributed by atoms with van der Waals surface area (Å²) in [4.78, 5) is 0.699. The first-order valence-electron chi connectivity index (χ1n) is 3.15. The molecular weight excluding hydrogens is 168 g/mol. The van der Waals surface area contributed by atoms with Crippen LogP contribution in [0.1, 0.15) is 12.8 Å². The summed E-state index contributed by atoms with van der Waals surface area (Å²) < 4.78 is 5.42. The number of hydrogen-bond donors (Lipinski definition) is 0. The van der Waals surface area contributed by atoms with E-state index in [2.05, 4.69) is 15.9 Å². The maximum atomic E-state index is 5.42. The predicted octanol–water partition coefficient (Wildman–Crippen LogP) is 1.56. The Bertz CT molecular complexity index is 92.7. The van der Waals surface area contributed by atoms with E-state index < -0.39 is 0 Å². The summed E-state index contributed by atoms with van der Waals surface area (Å²) in [5, 5.41) is 0. The second kappa shape index (κ2) is 1.71. The van der Waals surface area contributed by atoms with Crippen LogP contribution in [0.15, 0.2) is 0 Å². The second-order valence-corrected chi connectivity index (χ2v) is 3.64. The van der Waals surface area contributed by atoms with Crippen molar-refractivity contribution in [2.24, 2.45) is 5.92 Å². The van der Waals surface area contributed by atoms with Gasteiger partial charge in [-0.05, 0) is 12.8 Å². The molecule has 0 radical (unpaired) electrons. The van der Waals surface area contributed by atoms with E-state index in [-0.39, 0.29) is 0 Å². The summed E-state index contributed by atoms with van der Waals surface area (Å²) in [7, 11) is 0. The molecule has 2 aliphatic rings. The molecule has 1 nitrogen and oxygen atoms in total. The van der Waals surface area contributed by atoms with Crippen LogP contribution in [0, 0.1) is 5.92 Å². The van der Waals surface area contributed by atoms with Crippen LogP contribution in [-0.4, -0.2) is 17.5 Å². The van der Waals surface area contributed by atoms with E-state index in [1.54, 1.807) is 0 Å². The monoisotopic (exact) mass is 176 g/mol. The minimum atomic E-state index is 0.587. The molecule has 2 fully saturated rings. The molecule has 0 aromatic heterocycles. The van der Waals surface area contributed by atoms with Crippen molar-refractivity contribution < 1.29 is 4.74 Å². The highest BCUT2D eigenvalue weighted by molar-refractivity contribution is 9.09. The van der Waals surface area contributed by atoms with E-state index in [0.29, 0.717) is 10.9 Å². The summed E-state index contributed by atoms with van der Waals surface area (Å²) in [6.45, 7) is 0.989. The molecule has 2 rings (SSSR count). The molecule has 3 atom stereocenters. The molecule has 2 heteroatoms. The van der Waals surface area contributed by atoms with Crippen molar-refractivity contribution in [2.45, 2.75) is 23.8 Å². The highest BCUT2D eigenvalue weighted by atomic mass is 79.9. The molecule has 0 amide bonds. The summed E-state index contributed by atoms with van der Waals surface area (Å²) in [6, 6.07) is 0. The molecule has 0 bridgehead atoms. The minimum Gasteiger partial charge on any atom is -0.377 e. The van der Waals surface area contributed by atoms with Crippen LogP contribution in [0.2, 0.25) is 0 Å². The van der Waals surface area contributed by atoms with Crippen LogP contribution in [0.25, 0.3) is 0 Å². The van der Waals surface area contributed by atoms with Gasteiger partial charge in [0.25, 0.3) is 0 Å². The third kappa shape index (κ3) is 0.627. The van der Waals surface area contributed by atoms with Gasteiger partial charge in [0.15, 0.2) is 0 Å². The average Bonchev–Trinajstić information content (AvgIpc) is 2.46. The molecule has 0 aromatic carbocycles. The Hall–Kier alpha value is 0.440. The van der Waals surface area contributed by atoms with E-state index in [1.165, 1.54) is 12.8 Å². The quantitative estimate of drug-likeness (QED) is 0.510. The number of rotatable bonds is 0. The third-order valence-electron chi connectivity index (χ3n) is 2.00. The Morgan fingerprint density at radius 3 is 2.88 bits per heavy atom. The zero-order chi connectivity index (χ0) is 5.56. The highest BCUT2D eigenvalue weighted by Gasteiger charge is 2.50. The van der Waals surface area contributed by atoms with Crippen molar-refractivity contribution in [1.82, 2.24) is 0 Å². The SMILES string of the molecule is Br[C@@H]1[C@H]2CCCO[C@H]12. The van der Waals surface area contributed by atoms with Gasteiger partial charge in [-0.2, -0.15) is 0 Å². The van der Waals surface area contributed by atoms with Gasteiger partial charge in [0.2, 0.25) is 0 Å². The van der Waals surface area contributed by atoms with Crippen LogP contribution in [-0.2, 0) is 4.74 Å². The van der Waals surface area contributed by atoms with E-state index in [0.717, 1.165) is 12.5 Å². The topological polar surface area (TPSA) is 9.23 Å². The highest BCUT2D eigenvalue weighted by Crippen LogP contribution is 2.46. The first kappa shape index (κ1) is 5.24. The van der Waals surface area contributed by atoms with Gasteiger partial charge in [0, 0.05) is 17.4 Å². The van der Waals surface area contributed by atoms with E-state index in [1.807, 2.05) is 0 Å². The molecule has 1 saturated carbocycles. The lowest BCUT2D eigenvalue weighted by molar-refractivity contribution is 0.0804. The molecule has 0 aromatic rings. The van der Waals surface area contributed by atoms with Crippen molar-refractivity contribution in [3.8, 4) is 0 Å². The number of halogens is 1. The molecule has 0 spiro atoms. The van der Waals surface area contributed by atoms with Crippen molar-refractivity contribution in [3.05, 3.63) is 0 Å². The lowest BCUT2D eigenvalue weighted by Gasteiger charge is -2.07. The Balaban J connectivity index is 1.97. The molecular formula is C6H9BrO. The van der Waals surface area contributed by atoms with Crippen molar-refractivity contribution in [2.75, 3.05) is 6.61 Å². The lowest BCUT2D eigenvalue weighted by atomic mass is 10.2. The Morgan fingerprint density at radius 2 is 2.38 bits per heavy atom. The maximum Gasteiger partial charge on any atom is 0.0743 e. The van der Waals surface area contributed by atoms with E-state index in [4.69, 9.17) is 4.74 Å². The third-order valence-corrected chi connectivity index (χ3v) is 3.20. The molecule has 1 aliphatic heterocycles. The van der Waals surface area contributed by atoms with Gasteiger partial charge >= 0.3 is 0 Å². The second-order valence-electron chi connectivity index (χ2n) is 2.59. The van der Waals surface area contributed by atoms with Crippen LogP contribution >= 0.6 is 15.9 Å². The summed E-state index contributed by atoms with van der Waals surface area (Å²) in [6.07, 6.45) is 3.23. The zero-order valence-corrected chi connectivity index (χ0v) is 6.23. The number of hydrogen-bond acceptors (Lipinski definition) is 1. The fraction of sp³-hybridized carbons (Fsp3) is 1.00. The van der Waals surface area contributed by atoms with Crippen LogP contribution in [0.3, 0.4) is 0 Å².